The molecule has 0 saturated carbocycles. The zero-order valence-electron chi connectivity index (χ0n) is 9.64. The minimum absolute atomic E-state index is 0.557. The maximum absolute atomic E-state index is 5.96. The first-order valence-corrected chi connectivity index (χ1v) is 6.29. The first-order valence-electron chi connectivity index (χ1n) is 5.53. The summed E-state index contributed by atoms with van der Waals surface area (Å²) >= 11 is 11.9. The van der Waals surface area contributed by atoms with Crippen molar-refractivity contribution >= 4 is 45.6 Å². The Kier molecular flexibility index (Phi) is 3.19. The number of fused-ring (bicyclic) bond motifs is 1. The second-order valence-electron chi connectivity index (χ2n) is 3.94. The van der Waals surface area contributed by atoms with Gasteiger partial charge in [-0.3, -0.25) is 0 Å². The van der Waals surface area contributed by atoms with Gasteiger partial charge in [0.25, 0.3) is 0 Å². The van der Waals surface area contributed by atoms with Gasteiger partial charge in [-0.25, -0.2) is 0 Å². The largest absolute Gasteiger partial charge is 0.338 e. The first-order chi connectivity index (χ1) is 9.22. The van der Waals surface area contributed by atoms with Gasteiger partial charge >= 0.3 is 0 Å². The predicted octanol–water partition coefficient (Wildman–Crippen LogP) is 4.08. The van der Waals surface area contributed by atoms with E-state index < -0.39 is 0 Å². The van der Waals surface area contributed by atoms with Gasteiger partial charge in [-0.2, -0.15) is 0 Å². The fourth-order valence-electron chi connectivity index (χ4n) is 1.79. The number of anilines is 2. The average Bonchev–Trinajstić information content (AvgIpc) is 2.38. The number of hydrogen-bond donors (Lipinski definition) is 1. The van der Waals surface area contributed by atoms with Gasteiger partial charge in [-0.1, -0.05) is 35.3 Å². The number of aromatic nitrogens is 3. The maximum atomic E-state index is 5.96. The number of nitrogens with zero attached hydrogens (tertiary/aromatic N) is 3. The molecule has 19 heavy (non-hydrogen) atoms. The fourth-order valence-corrected chi connectivity index (χ4v) is 2.31. The Balaban J connectivity index is 2.05. The number of rotatable bonds is 2. The van der Waals surface area contributed by atoms with Gasteiger partial charge in [-0.05, 0) is 35.5 Å². The molecule has 3 aromatic rings. The van der Waals surface area contributed by atoms with Crippen LogP contribution in [0.2, 0.25) is 10.0 Å². The third-order valence-electron chi connectivity index (χ3n) is 2.58. The van der Waals surface area contributed by atoms with Crippen molar-refractivity contribution in [3.05, 3.63) is 52.5 Å². The molecular formula is C13H8Cl2N4. The maximum Gasteiger partial charge on any atom is 0.164 e. The SMILES string of the molecule is Clc1cc(Cl)cc(Nc2nnnc3ccccc23)c1. The number of hydrogen-bond acceptors (Lipinski definition) is 4. The van der Waals surface area contributed by atoms with E-state index in [4.69, 9.17) is 23.2 Å². The number of nitrogens with one attached hydrogen (secondary N) is 1. The molecule has 1 N–H and O–H groups in total. The molecule has 0 aliphatic heterocycles. The highest BCUT2D eigenvalue weighted by Crippen LogP contribution is 2.26. The Hall–Kier alpha value is -1.91. The Labute approximate surface area is 119 Å². The summed E-state index contributed by atoms with van der Waals surface area (Å²) in [5.74, 6) is 0.615. The summed E-state index contributed by atoms with van der Waals surface area (Å²) in [5, 5.41) is 16.8. The lowest BCUT2D eigenvalue weighted by Crippen LogP contribution is -1.98. The molecule has 0 bridgehead atoms. The first kappa shape index (κ1) is 12.1. The molecule has 2 aromatic carbocycles. The van der Waals surface area contributed by atoms with Gasteiger partial charge < -0.3 is 5.32 Å². The fraction of sp³-hybridized carbons (Fsp3) is 0. The molecule has 0 aliphatic carbocycles. The lowest BCUT2D eigenvalue weighted by Gasteiger charge is -2.07. The van der Waals surface area contributed by atoms with Crippen LogP contribution in [0.5, 0.6) is 0 Å². The molecule has 0 radical (unpaired) electrons. The van der Waals surface area contributed by atoms with Gasteiger partial charge in [0.2, 0.25) is 0 Å². The van der Waals surface area contributed by atoms with E-state index in [1.165, 1.54) is 0 Å². The van der Waals surface area contributed by atoms with E-state index in [0.717, 1.165) is 16.6 Å². The van der Waals surface area contributed by atoms with Crippen LogP contribution in [0.1, 0.15) is 0 Å². The van der Waals surface area contributed by atoms with Crippen molar-refractivity contribution in [2.24, 2.45) is 0 Å². The molecule has 0 aliphatic rings. The van der Waals surface area contributed by atoms with E-state index in [9.17, 15) is 0 Å². The molecule has 0 amide bonds. The molecule has 94 valence electrons. The molecule has 0 atom stereocenters. The van der Waals surface area contributed by atoms with Crippen LogP contribution < -0.4 is 5.32 Å². The Morgan fingerprint density at radius 1 is 0.895 bits per heavy atom. The van der Waals surface area contributed by atoms with Crippen LogP contribution in [-0.2, 0) is 0 Å². The second-order valence-corrected chi connectivity index (χ2v) is 4.81. The monoisotopic (exact) mass is 290 g/mol. The summed E-state index contributed by atoms with van der Waals surface area (Å²) in [4.78, 5) is 0. The summed E-state index contributed by atoms with van der Waals surface area (Å²) in [6.07, 6.45) is 0. The summed E-state index contributed by atoms with van der Waals surface area (Å²) in [7, 11) is 0. The van der Waals surface area contributed by atoms with Crippen LogP contribution in [0.15, 0.2) is 42.5 Å². The molecule has 1 aromatic heterocycles. The van der Waals surface area contributed by atoms with Crippen LogP contribution in [0.4, 0.5) is 11.5 Å². The van der Waals surface area contributed by atoms with Crippen LogP contribution in [0.25, 0.3) is 10.9 Å². The Bertz CT molecular complexity index is 720. The zero-order valence-corrected chi connectivity index (χ0v) is 11.2. The highest BCUT2D eigenvalue weighted by molar-refractivity contribution is 6.35. The minimum atomic E-state index is 0.557. The van der Waals surface area contributed by atoms with E-state index in [0.29, 0.717) is 15.9 Å². The smallest absolute Gasteiger partial charge is 0.164 e. The third kappa shape index (κ3) is 2.59. The summed E-state index contributed by atoms with van der Waals surface area (Å²) in [5.41, 5.74) is 1.52. The van der Waals surface area contributed by atoms with E-state index in [1.807, 2.05) is 24.3 Å². The van der Waals surface area contributed by atoms with Crippen molar-refractivity contribution in [1.29, 1.82) is 0 Å². The van der Waals surface area contributed by atoms with E-state index >= 15 is 0 Å². The third-order valence-corrected chi connectivity index (χ3v) is 3.02. The highest BCUT2D eigenvalue weighted by Gasteiger charge is 2.05. The van der Waals surface area contributed by atoms with Crippen molar-refractivity contribution in [1.82, 2.24) is 15.4 Å². The molecule has 3 rings (SSSR count). The Morgan fingerprint density at radius 3 is 2.42 bits per heavy atom. The summed E-state index contributed by atoms with van der Waals surface area (Å²) < 4.78 is 0. The van der Waals surface area contributed by atoms with Crippen molar-refractivity contribution in [3.8, 4) is 0 Å². The molecule has 1 heterocycles. The van der Waals surface area contributed by atoms with Crippen LogP contribution in [0.3, 0.4) is 0 Å². The normalized spacial score (nSPS) is 10.6. The zero-order chi connectivity index (χ0) is 13.2. The molecule has 0 unspecified atom stereocenters. The van der Waals surface area contributed by atoms with Crippen molar-refractivity contribution in [2.45, 2.75) is 0 Å². The lowest BCUT2D eigenvalue weighted by atomic mass is 10.2. The van der Waals surface area contributed by atoms with E-state index in [2.05, 4.69) is 20.7 Å². The van der Waals surface area contributed by atoms with Crippen LogP contribution in [0, 0.1) is 0 Å². The molecule has 0 fully saturated rings. The standard InChI is InChI=1S/C13H8Cl2N4/c14-8-5-9(15)7-10(6-8)16-13-11-3-1-2-4-12(11)17-19-18-13/h1-7H,(H,16,17,18). The highest BCUT2D eigenvalue weighted by atomic mass is 35.5. The molecule has 0 spiro atoms. The Morgan fingerprint density at radius 2 is 1.63 bits per heavy atom. The summed E-state index contributed by atoms with van der Waals surface area (Å²) in [6.45, 7) is 0. The predicted molar refractivity (Wildman–Crippen MR) is 77.1 cm³/mol. The van der Waals surface area contributed by atoms with Crippen LogP contribution >= 0.6 is 23.2 Å². The van der Waals surface area contributed by atoms with E-state index in [1.54, 1.807) is 18.2 Å². The summed E-state index contributed by atoms with van der Waals surface area (Å²) in [6, 6.07) is 12.8. The molecular weight excluding hydrogens is 283 g/mol. The lowest BCUT2D eigenvalue weighted by molar-refractivity contribution is 0.900. The minimum Gasteiger partial charge on any atom is -0.338 e. The average molecular weight is 291 g/mol. The van der Waals surface area contributed by atoms with Crippen molar-refractivity contribution in [3.63, 3.8) is 0 Å². The van der Waals surface area contributed by atoms with Gasteiger partial charge in [0.05, 0.1) is 5.52 Å². The molecule has 4 nitrogen and oxygen atoms in total. The van der Waals surface area contributed by atoms with E-state index in [-0.39, 0.29) is 0 Å². The second kappa shape index (κ2) is 4.99. The number of halogens is 2. The van der Waals surface area contributed by atoms with Gasteiger partial charge in [-0.15, -0.1) is 10.2 Å². The van der Waals surface area contributed by atoms with Gasteiger partial charge in [0.15, 0.2) is 5.82 Å². The quantitative estimate of drug-likeness (QED) is 0.773. The molecule has 0 saturated heterocycles. The van der Waals surface area contributed by atoms with Gasteiger partial charge in [0, 0.05) is 21.1 Å². The van der Waals surface area contributed by atoms with Gasteiger partial charge in [0.1, 0.15) is 0 Å². The molecule has 6 heteroatoms. The van der Waals surface area contributed by atoms with Crippen molar-refractivity contribution in [2.75, 3.05) is 5.32 Å². The number of benzene rings is 2. The topological polar surface area (TPSA) is 50.7 Å². The van der Waals surface area contributed by atoms with Crippen LogP contribution in [-0.4, -0.2) is 15.4 Å². The van der Waals surface area contributed by atoms with Crippen molar-refractivity contribution < 1.29 is 0 Å².